The molecule has 36 heavy (non-hydrogen) atoms. The number of aliphatic hydroxyl groups is 1. The van der Waals surface area contributed by atoms with Gasteiger partial charge < -0.3 is 19.4 Å². The molecule has 12 heteroatoms. The Morgan fingerprint density at radius 2 is 1.92 bits per heavy atom. The number of ether oxygens (including phenoxy) is 1. The van der Waals surface area contributed by atoms with Crippen molar-refractivity contribution in [3.05, 3.63) is 38.7 Å². The number of β-amino-alcohol motifs (C(OH)–C–C–N with tert-alkyl or cyclic N) is 1. The number of hydrogen-bond donors (Lipinski definition) is 2. The molecular weight excluding hydrogens is 550 g/mol. The van der Waals surface area contributed by atoms with Gasteiger partial charge in [-0.2, -0.15) is 4.31 Å². The molecular formula is C24H32BrN5O5S. The van der Waals surface area contributed by atoms with Gasteiger partial charge in [0.25, 0.3) is 5.56 Å². The molecule has 196 valence electrons. The largest absolute Gasteiger partial charge is 0.493 e. The van der Waals surface area contributed by atoms with Crippen LogP contribution in [0.4, 0.5) is 0 Å². The van der Waals surface area contributed by atoms with Crippen LogP contribution in [-0.4, -0.2) is 83.2 Å². The van der Waals surface area contributed by atoms with E-state index in [1.807, 2.05) is 11.8 Å². The summed E-state index contributed by atoms with van der Waals surface area (Å²) < 4.78 is 36.8. The number of rotatable bonds is 9. The molecule has 3 heterocycles. The summed E-state index contributed by atoms with van der Waals surface area (Å²) in [6.45, 7) is 6.63. The van der Waals surface area contributed by atoms with Gasteiger partial charge in [-0.05, 0) is 47.5 Å². The van der Waals surface area contributed by atoms with Gasteiger partial charge in [0.15, 0.2) is 0 Å². The molecule has 1 fully saturated rings. The number of benzene rings is 1. The second kappa shape index (κ2) is 11.0. The number of piperazine rings is 1. The first-order valence-corrected chi connectivity index (χ1v) is 14.3. The highest BCUT2D eigenvalue weighted by molar-refractivity contribution is 9.10. The van der Waals surface area contributed by atoms with Crippen LogP contribution in [0.25, 0.3) is 22.4 Å². The molecule has 0 unspecified atom stereocenters. The van der Waals surface area contributed by atoms with Crippen LogP contribution < -0.4 is 10.3 Å². The Labute approximate surface area is 219 Å². The van der Waals surface area contributed by atoms with E-state index in [2.05, 4.69) is 27.8 Å². The first-order chi connectivity index (χ1) is 17.2. The molecule has 1 aliphatic rings. The van der Waals surface area contributed by atoms with E-state index in [0.29, 0.717) is 61.7 Å². The second-order valence-electron chi connectivity index (χ2n) is 8.75. The van der Waals surface area contributed by atoms with Crippen LogP contribution in [0.15, 0.2) is 32.5 Å². The third-order valence-electron chi connectivity index (χ3n) is 6.45. The number of sulfonamides is 1. The number of nitrogens with zero attached hydrogens (tertiary/aromatic N) is 4. The number of aromatic amines is 1. The van der Waals surface area contributed by atoms with E-state index >= 15 is 0 Å². The monoisotopic (exact) mass is 581 g/mol. The highest BCUT2D eigenvalue weighted by Gasteiger charge is 2.29. The van der Waals surface area contributed by atoms with E-state index in [9.17, 15) is 13.2 Å². The Morgan fingerprint density at radius 3 is 2.56 bits per heavy atom. The Bertz CT molecular complexity index is 1410. The Hall–Kier alpha value is -2.25. The van der Waals surface area contributed by atoms with Crippen molar-refractivity contribution in [2.45, 2.75) is 31.6 Å². The molecule has 1 aliphatic heterocycles. The van der Waals surface area contributed by atoms with Crippen molar-refractivity contribution < 1.29 is 18.3 Å². The first kappa shape index (κ1) is 26.8. The fraction of sp³-hybridized carbons (Fsp3) is 0.500. The molecule has 0 bridgehead atoms. The Balaban J connectivity index is 1.80. The molecule has 1 saturated heterocycles. The summed E-state index contributed by atoms with van der Waals surface area (Å²) >= 11 is 3.59. The van der Waals surface area contributed by atoms with Crippen LogP contribution in [-0.2, 0) is 23.5 Å². The highest BCUT2D eigenvalue weighted by Crippen LogP contribution is 2.34. The number of hydrogen-bond acceptors (Lipinski definition) is 7. The first-order valence-electron chi connectivity index (χ1n) is 12.1. The Kier molecular flexibility index (Phi) is 8.20. The van der Waals surface area contributed by atoms with Crippen LogP contribution in [0.2, 0.25) is 0 Å². The lowest BCUT2D eigenvalue weighted by atomic mass is 10.1. The number of H-pyrrole nitrogens is 1. The fourth-order valence-corrected chi connectivity index (χ4v) is 6.62. The van der Waals surface area contributed by atoms with Gasteiger partial charge in [0.05, 0.1) is 28.3 Å². The van der Waals surface area contributed by atoms with E-state index in [1.165, 1.54) is 16.4 Å². The third-order valence-corrected chi connectivity index (χ3v) is 9.36. The standard InChI is InChI=1S/C24H32BrN5O5S/c1-4-6-17-20-21(28(3)22(17)25)24(32)27-23(26-20)18-15-16(7-8-19(18)35-5-2)36(33,34)30-11-9-29(10-12-30)13-14-31/h7-8,15,31H,4-6,9-14H2,1-3H3,(H,26,27,32). The number of aromatic nitrogens is 3. The van der Waals surface area contributed by atoms with Gasteiger partial charge in [0.2, 0.25) is 10.0 Å². The molecule has 0 aliphatic carbocycles. The van der Waals surface area contributed by atoms with E-state index in [0.717, 1.165) is 23.0 Å². The number of aliphatic hydroxyl groups excluding tert-OH is 1. The van der Waals surface area contributed by atoms with E-state index < -0.39 is 10.0 Å². The zero-order valence-corrected chi connectivity index (χ0v) is 23.2. The molecule has 4 rings (SSSR count). The van der Waals surface area contributed by atoms with Crippen LogP contribution >= 0.6 is 15.9 Å². The molecule has 0 radical (unpaired) electrons. The summed E-state index contributed by atoms with van der Waals surface area (Å²) in [5.41, 5.74) is 2.08. The number of halogens is 1. The second-order valence-corrected chi connectivity index (χ2v) is 11.4. The molecule has 0 amide bonds. The molecule has 2 aromatic heterocycles. The third kappa shape index (κ3) is 4.97. The van der Waals surface area contributed by atoms with Gasteiger partial charge >= 0.3 is 0 Å². The van der Waals surface area contributed by atoms with Gasteiger partial charge in [0.1, 0.15) is 22.6 Å². The fourth-order valence-electron chi connectivity index (χ4n) is 4.61. The van der Waals surface area contributed by atoms with Crippen LogP contribution in [0.5, 0.6) is 5.75 Å². The summed E-state index contributed by atoms with van der Waals surface area (Å²) in [5, 5.41) is 9.16. The lowest BCUT2D eigenvalue weighted by Crippen LogP contribution is -2.49. The van der Waals surface area contributed by atoms with Crippen LogP contribution in [0, 0.1) is 0 Å². The van der Waals surface area contributed by atoms with Crippen molar-refractivity contribution in [1.82, 2.24) is 23.7 Å². The van der Waals surface area contributed by atoms with E-state index in [1.54, 1.807) is 17.7 Å². The number of fused-ring (bicyclic) bond motifs is 1. The van der Waals surface area contributed by atoms with Crippen molar-refractivity contribution >= 4 is 37.0 Å². The molecule has 2 N–H and O–H groups in total. The summed E-state index contributed by atoms with van der Waals surface area (Å²) in [5.74, 6) is 0.704. The van der Waals surface area contributed by atoms with Crippen LogP contribution in [0.1, 0.15) is 25.8 Å². The van der Waals surface area contributed by atoms with Gasteiger partial charge in [-0.1, -0.05) is 13.3 Å². The van der Waals surface area contributed by atoms with E-state index in [4.69, 9.17) is 14.8 Å². The lowest BCUT2D eigenvalue weighted by molar-refractivity contribution is 0.151. The predicted octanol–water partition coefficient (Wildman–Crippen LogP) is 2.34. The number of nitrogens with one attached hydrogen (secondary N) is 1. The number of aryl methyl sites for hydroxylation is 2. The maximum absolute atomic E-state index is 13.5. The van der Waals surface area contributed by atoms with Crippen LogP contribution in [0.3, 0.4) is 0 Å². The van der Waals surface area contributed by atoms with Crippen molar-refractivity contribution in [2.75, 3.05) is 45.9 Å². The SMILES string of the molecule is CCCc1c(Br)n(C)c2c(=O)[nH]c(-c3cc(S(=O)(=O)N4CCN(CCO)CC4)ccc3OCC)nc12. The average Bonchev–Trinajstić information content (AvgIpc) is 3.10. The zero-order valence-electron chi connectivity index (χ0n) is 20.8. The smallest absolute Gasteiger partial charge is 0.275 e. The molecule has 0 atom stereocenters. The minimum atomic E-state index is -3.78. The quantitative estimate of drug-likeness (QED) is 0.398. The molecule has 3 aromatic rings. The van der Waals surface area contributed by atoms with E-state index in [-0.39, 0.29) is 22.9 Å². The minimum Gasteiger partial charge on any atom is -0.493 e. The van der Waals surface area contributed by atoms with Crippen molar-refractivity contribution in [1.29, 1.82) is 0 Å². The van der Waals surface area contributed by atoms with Crippen molar-refractivity contribution in [2.24, 2.45) is 7.05 Å². The van der Waals surface area contributed by atoms with Gasteiger partial charge in [0, 0.05) is 45.3 Å². The van der Waals surface area contributed by atoms with Gasteiger partial charge in [-0.15, -0.1) is 0 Å². The predicted molar refractivity (Wildman–Crippen MR) is 142 cm³/mol. The molecule has 0 spiro atoms. The minimum absolute atomic E-state index is 0.0441. The maximum atomic E-state index is 13.5. The molecule has 10 nitrogen and oxygen atoms in total. The van der Waals surface area contributed by atoms with Gasteiger partial charge in [-0.3, -0.25) is 9.69 Å². The summed E-state index contributed by atoms with van der Waals surface area (Å²) in [6, 6.07) is 4.68. The molecule has 1 aromatic carbocycles. The summed E-state index contributed by atoms with van der Waals surface area (Å²) in [7, 11) is -1.97. The Morgan fingerprint density at radius 1 is 1.19 bits per heavy atom. The normalized spacial score (nSPS) is 15.6. The van der Waals surface area contributed by atoms with Crippen molar-refractivity contribution in [3.8, 4) is 17.1 Å². The maximum Gasteiger partial charge on any atom is 0.275 e. The molecule has 0 saturated carbocycles. The zero-order chi connectivity index (χ0) is 26.0. The summed E-state index contributed by atoms with van der Waals surface area (Å²) in [4.78, 5) is 22.9. The summed E-state index contributed by atoms with van der Waals surface area (Å²) in [6.07, 6.45) is 1.62. The highest BCUT2D eigenvalue weighted by atomic mass is 79.9. The van der Waals surface area contributed by atoms with Gasteiger partial charge in [-0.25, -0.2) is 13.4 Å². The lowest BCUT2D eigenvalue weighted by Gasteiger charge is -2.33. The topological polar surface area (TPSA) is 121 Å². The average molecular weight is 583 g/mol. The van der Waals surface area contributed by atoms with Crippen molar-refractivity contribution in [3.63, 3.8) is 0 Å².